The monoisotopic (exact) mass is 351 g/mol. The van der Waals surface area contributed by atoms with Gasteiger partial charge in [0, 0.05) is 17.8 Å². The molecular formula is C19H21N5O2. The van der Waals surface area contributed by atoms with Crippen LogP contribution in [0.4, 0.5) is 0 Å². The van der Waals surface area contributed by atoms with Gasteiger partial charge in [-0.2, -0.15) is 0 Å². The fourth-order valence-corrected chi connectivity index (χ4v) is 3.74. The molecule has 1 aliphatic rings. The van der Waals surface area contributed by atoms with Gasteiger partial charge in [-0.25, -0.2) is 15.3 Å². The highest BCUT2D eigenvalue weighted by Crippen LogP contribution is 2.33. The van der Waals surface area contributed by atoms with E-state index < -0.39 is 5.91 Å². The molecule has 1 saturated carbocycles. The first kappa shape index (κ1) is 16.5. The van der Waals surface area contributed by atoms with Crippen molar-refractivity contribution < 1.29 is 4.79 Å². The molecule has 1 fully saturated rings. The molecule has 3 aromatic rings. The number of nitrogens with two attached hydrogens (primary N) is 1. The van der Waals surface area contributed by atoms with Crippen molar-refractivity contribution in [1.29, 1.82) is 0 Å². The van der Waals surface area contributed by atoms with E-state index in [1.165, 1.54) is 54.4 Å². The number of H-pyrrole nitrogens is 1. The van der Waals surface area contributed by atoms with E-state index in [-0.39, 0.29) is 16.8 Å². The second-order valence-corrected chi connectivity index (χ2v) is 6.76. The van der Waals surface area contributed by atoms with Crippen LogP contribution in [0.25, 0.3) is 16.9 Å². The standard InChI is InChI=1S/C19H21N5O2/c20-23-19(26)15-11-21-24-17(25)10-16(22-18(15)24)14-8-6-13(7-9-14)12-4-2-1-3-5-12/h6-12,21H,1-5,20H2,(H,23,26). The number of nitrogens with one attached hydrogen (secondary N) is 2. The fraction of sp³-hybridized carbons (Fsp3) is 0.316. The molecule has 0 atom stereocenters. The molecule has 2 heterocycles. The maximum absolute atomic E-state index is 12.3. The number of aromatic amines is 1. The highest BCUT2D eigenvalue weighted by atomic mass is 16.2. The summed E-state index contributed by atoms with van der Waals surface area (Å²) in [5, 5.41) is 2.73. The van der Waals surface area contributed by atoms with Crippen molar-refractivity contribution in [2.75, 3.05) is 0 Å². The van der Waals surface area contributed by atoms with Crippen molar-refractivity contribution in [3.63, 3.8) is 0 Å². The topological polar surface area (TPSA) is 105 Å². The molecule has 134 valence electrons. The summed E-state index contributed by atoms with van der Waals surface area (Å²) in [6.45, 7) is 0. The molecule has 2 aromatic heterocycles. The summed E-state index contributed by atoms with van der Waals surface area (Å²) in [5.74, 6) is 5.33. The lowest BCUT2D eigenvalue weighted by Crippen LogP contribution is -2.30. The van der Waals surface area contributed by atoms with E-state index in [0.717, 1.165) is 5.56 Å². The number of amides is 1. The van der Waals surface area contributed by atoms with Gasteiger partial charge in [-0.3, -0.25) is 20.1 Å². The number of nitrogen functional groups attached to an aromatic ring is 1. The van der Waals surface area contributed by atoms with Crippen LogP contribution in [-0.2, 0) is 0 Å². The normalized spacial score (nSPS) is 15.3. The molecule has 26 heavy (non-hydrogen) atoms. The first-order valence-electron chi connectivity index (χ1n) is 8.90. The first-order valence-corrected chi connectivity index (χ1v) is 8.90. The number of fused-ring (bicyclic) bond motifs is 1. The summed E-state index contributed by atoms with van der Waals surface area (Å²) in [6, 6.07) is 9.71. The molecule has 0 radical (unpaired) electrons. The van der Waals surface area contributed by atoms with Crippen molar-refractivity contribution in [2.24, 2.45) is 5.84 Å². The smallest absolute Gasteiger partial charge is 0.273 e. The van der Waals surface area contributed by atoms with Crippen molar-refractivity contribution in [1.82, 2.24) is 20.0 Å². The Kier molecular flexibility index (Phi) is 4.30. The third-order valence-electron chi connectivity index (χ3n) is 5.16. The summed E-state index contributed by atoms with van der Waals surface area (Å²) >= 11 is 0. The number of nitrogens with zero attached hydrogens (tertiary/aromatic N) is 2. The average Bonchev–Trinajstić information content (AvgIpc) is 3.13. The lowest BCUT2D eigenvalue weighted by atomic mass is 9.84. The second kappa shape index (κ2) is 6.76. The average molecular weight is 351 g/mol. The number of benzene rings is 1. The molecule has 0 spiro atoms. The molecule has 0 aliphatic heterocycles. The van der Waals surface area contributed by atoms with E-state index in [9.17, 15) is 9.59 Å². The quantitative estimate of drug-likeness (QED) is 0.382. The highest BCUT2D eigenvalue weighted by Gasteiger charge is 2.17. The zero-order chi connectivity index (χ0) is 18.1. The highest BCUT2D eigenvalue weighted by molar-refractivity contribution is 5.99. The molecule has 1 aliphatic carbocycles. The van der Waals surface area contributed by atoms with E-state index in [0.29, 0.717) is 11.6 Å². The lowest BCUT2D eigenvalue weighted by Gasteiger charge is -2.22. The minimum Gasteiger partial charge on any atom is -0.296 e. The molecule has 1 aromatic carbocycles. The van der Waals surface area contributed by atoms with Crippen molar-refractivity contribution >= 4 is 11.6 Å². The summed E-state index contributed by atoms with van der Waals surface area (Å²) in [4.78, 5) is 28.7. The van der Waals surface area contributed by atoms with Gasteiger partial charge in [-0.1, -0.05) is 43.5 Å². The molecule has 0 saturated heterocycles. The summed E-state index contributed by atoms with van der Waals surface area (Å²) in [6.07, 6.45) is 7.82. The number of hydrogen-bond acceptors (Lipinski definition) is 4. The first-order chi connectivity index (χ1) is 12.7. The SMILES string of the molecule is NNC(=O)c1c[nH]n2c(=O)cc(-c3ccc(C4CCCCC4)cc3)nc12. The minimum absolute atomic E-state index is 0.227. The van der Waals surface area contributed by atoms with Crippen LogP contribution in [0.15, 0.2) is 41.3 Å². The van der Waals surface area contributed by atoms with E-state index in [2.05, 4.69) is 27.6 Å². The molecule has 7 heteroatoms. The molecule has 4 rings (SSSR count). The Hall–Kier alpha value is -2.93. The Morgan fingerprint density at radius 3 is 2.62 bits per heavy atom. The van der Waals surface area contributed by atoms with Crippen LogP contribution in [0.5, 0.6) is 0 Å². The summed E-state index contributed by atoms with van der Waals surface area (Å²) in [5.41, 5.74) is 5.00. The number of carbonyl (C=O) groups is 1. The summed E-state index contributed by atoms with van der Waals surface area (Å²) in [7, 11) is 0. The van der Waals surface area contributed by atoms with Gasteiger partial charge in [0.15, 0.2) is 5.65 Å². The Balaban J connectivity index is 1.72. The largest absolute Gasteiger partial charge is 0.296 e. The third kappa shape index (κ3) is 2.90. The number of rotatable bonds is 3. The number of hydrogen-bond donors (Lipinski definition) is 3. The van der Waals surface area contributed by atoms with E-state index >= 15 is 0 Å². The maximum Gasteiger partial charge on any atom is 0.273 e. The molecule has 0 unspecified atom stereocenters. The molecule has 4 N–H and O–H groups in total. The Morgan fingerprint density at radius 2 is 1.92 bits per heavy atom. The van der Waals surface area contributed by atoms with E-state index in [1.807, 2.05) is 12.1 Å². The van der Waals surface area contributed by atoms with Gasteiger partial charge in [-0.15, -0.1) is 0 Å². The van der Waals surface area contributed by atoms with Gasteiger partial charge in [0.1, 0.15) is 5.56 Å². The Bertz CT molecular complexity index is 997. The predicted octanol–water partition coefficient (Wildman–Crippen LogP) is 2.34. The molecule has 0 bridgehead atoms. The fourth-order valence-electron chi connectivity index (χ4n) is 3.74. The third-order valence-corrected chi connectivity index (χ3v) is 5.16. The minimum atomic E-state index is -0.500. The van der Waals surface area contributed by atoms with Crippen molar-refractivity contribution in [3.05, 3.63) is 58.0 Å². The Morgan fingerprint density at radius 1 is 1.19 bits per heavy atom. The van der Waals surface area contributed by atoms with Gasteiger partial charge < -0.3 is 0 Å². The van der Waals surface area contributed by atoms with Gasteiger partial charge in [0.05, 0.1) is 5.69 Å². The Labute approximate surface area is 150 Å². The zero-order valence-electron chi connectivity index (χ0n) is 14.4. The van der Waals surface area contributed by atoms with Crippen LogP contribution >= 0.6 is 0 Å². The van der Waals surface area contributed by atoms with Crippen molar-refractivity contribution in [2.45, 2.75) is 38.0 Å². The number of aromatic nitrogens is 3. The van der Waals surface area contributed by atoms with Crippen LogP contribution in [0, 0.1) is 0 Å². The predicted molar refractivity (Wildman–Crippen MR) is 98.7 cm³/mol. The molecule has 1 amide bonds. The maximum atomic E-state index is 12.3. The second-order valence-electron chi connectivity index (χ2n) is 6.76. The zero-order valence-corrected chi connectivity index (χ0v) is 14.4. The lowest BCUT2D eigenvalue weighted by molar-refractivity contribution is 0.0955. The van der Waals surface area contributed by atoms with Crippen molar-refractivity contribution in [3.8, 4) is 11.3 Å². The van der Waals surface area contributed by atoms with Gasteiger partial charge in [0.2, 0.25) is 0 Å². The molecular weight excluding hydrogens is 330 g/mol. The number of hydrazine groups is 1. The van der Waals surface area contributed by atoms with Crippen LogP contribution in [-0.4, -0.2) is 20.5 Å². The molecule has 7 nitrogen and oxygen atoms in total. The van der Waals surface area contributed by atoms with Crippen LogP contribution in [0.1, 0.15) is 53.9 Å². The van der Waals surface area contributed by atoms with Crippen LogP contribution < -0.4 is 16.8 Å². The van der Waals surface area contributed by atoms with Crippen LogP contribution in [0.3, 0.4) is 0 Å². The van der Waals surface area contributed by atoms with Gasteiger partial charge in [0.25, 0.3) is 11.5 Å². The summed E-state index contributed by atoms with van der Waals surface area (Å²) < 4.78 is 1.23. The van der Waals surface area contributed by atoms with E-state index in [1.54, 1.807) is 0 Å². The van der Waals surface area contributed by atoms with Gasteiger partial charge in [-0.05, 0) is 24.3 Å². The van der Waals surface area contributed by atoms with Gasteiger partial charge >= 0.3 is 0 Å². The van der Waals surface area contributed by atoms with Crippen LogP contribution in [0.2, 0.25) is 0 Å². The number of carbonyl (C=O) groups excluding carboxylic acids is 1. The van der Waals surface area contributed by atoms with E-state index in [4.69, 9.17) is 5.84 Å².